The Kier molecular flexibility index (Phi) is 3.63. The molecule has 164 valence electrons. The van der Waals surface area contributed by atoms with Crippen LogP contribution in [0.15, 0.2) is 120 Å². The average Bonchev–Trinajstić information content (AvgIpc) is 3.58. The molecule has 0 aliphatic carbocycles. The lowest BCUT2D eigenvalue weighted by atomic mass is 10.1. The zero-order chi connectivity index (χ0) is 22.9. The zero-order valence-corrected chi connectivity index (χ0v) is 18.7. The van der Waals surface area contributed by atoms with E-state index in [0.29, 0.717) is 0 Å². The van der Waals surface area contributed by atoms with Crippen LogP contribution in [0.1, 0.15) is 0 Å². The number of imidazole rings is 1. The molecular weight excluding hydrogens is 430 g/mol. The van der Waals surface area contributed by atoms with Crippen molar-refractivity contribution in [3.05, 3.63) is 115 Å². The predicted molar refractivity (Wildman–Crippen MR) is 143 cm³/mol. The van der Waals surface area contributed by atoms with E-state index in [1.807, 2.05) is 24.3 Å². The Hall–Kier alpha value is -4.83. The van der Waals surface area contributed by atoms with Crippen molar-refractivity contribution in [1.29, 1.82) is 0 Å². The molecule has 0 N–H and O–H groups in total. The van der Waals surface area contributed by atoms with Crippen LogP contribution in [0, 0.1) is 0 Å². The molecule has 0 unspecified atom stereocenters. The van der Waals surface area contributed by atoms with Crippen LogP contribution < -0.4 is 0 Å². The van der Waals surface area contributed by atoms with E-state index in [2.05, 4.69) is 100 Å². The summed E-state index contributed by atoms with van der Waals surface area (Å²) in [5.41, 5.74) is 7.16. The molecule has 4 heteroatoms. The lowest BCUT2D eigenvalue weighted by Gasteiger charge is -2.12. The summed E-state index contributed by atoms with van der Waals surface area (Å²) in [6.45, 7) is 0. The van der Waals surface area contributed by atoms with Crippen molar-refractivity contribution in [1.82, 2.24) is 14.1 Å². The van der Waals surface area contributed by atoms with Gasteiger partial charge in [0.2, 0.25) is 5.95 Å². The van der Waals surface area contributed by atoms with Gasteiger partial charge in [-0.1, -0.05) is 66.7 Å². The van der Waals surface area contributed by atoms with Crippen molar-refractivity contribution in [3.8, 4) is 11.6 Å². The maximum Gasteiger partial charge on any atom is 0.220 e. The van der Waals surface area contributed by atoms with Crippen molar-refractivity contribution in [2.45, 2.75) is 0 Å². The van der Waals surface area contributed by atoms with Gasteiger partial charge in [0.15, 0.2) is 0 Å². The third kappa shape index (κ3) is 2.48. The van der Waals surface area contributed by atoms with Gasteiger partial charge in [-0.3, -0.25) is 9.13 Å². The third-order valence-corrected chi connectivity index (χ3v) is 6.93. The van der Waals surface area contributed by atoms with Gasteiger partial charge in [0, 0.05) is 27.2 Å². The Morgan fingerprint density at radius 3 is 2.09 bits per heavy atom. The fraction of sp³-hybridized carbons (Fsp3) is 0. The first-order chi connectivity index (χ1) is 17.4. The molecule has 4 nitrogen and oxygen atoms in total. The van der Waals surface area contributed by atoms with Crippen LogP contribution >= 0.6 is 0 Å². The minimum Gasteiger partial charge on any atom is -0.456 e. The van der Waals surface area contributed by atoms with Crippen LogP contribution in [0.2, 0.25) is 0 Å². The van der Waals surface area contributed by atoms with Crippen molar-refractivity contribution in [2.24, 2.45) is 0 Å². The van der Waals surface area contributed by atoms with Gasteiger partial charge in [0.25, 0.3) is 0 Å². The monoisotopic (exact) mass is 449 g/mol. The van der Waals surface area contributed by atoms with Gasteiger partial charge in [0.1, 0.15) is 11.2 Å². The highest BCUT2D eigenvalue weighted by atomic mass is 16.3. The number of nitrogens with zero attached hydrogens (tertiary/aromatic N) is 3. The van der Waals surface area contributed by atoms with Crippen LogP contribution in [0.3, 0.4) is 0 Å². The van der Waals surface area contributed by atoms with E-state index in [9.17, 15) is 0 Å². The second-order valence-corrected chi connectivity index (χ2v) is 8.86. The molecule has 8 aromatic rings. The van der Waals surface area contributed by atoms with Crippen LogP contribution in [-0.4, -0.2) is 14.1 Å². The smallest absolute Gasteiger partial charge is 0.220 e. The second-order valence-electron chi connectivity index (χ2n) is 8.86. The Bertz CT molecular complexity index is 2060. The van der Waals surface area contributed by atoms with E-state index in [1.54, 1.807) is 0 Å². The molecule has 0 spiro atoms. The molecule has 3 aromatic heterocycles. The molecule has 0 fully saturated rings. The average molecular weight is 450 g/mol. The summed E-state index contributed by atoms with van der Waals surface area (Å²) in [6, 6.07) is 39.9. The van der Waals surface area contributed by atoms with Gasteiger partial charge in [0.05, 0.1) is 22.1 Å². The number of benzene rings is 5. The Labute approximate surface area is 200 Å². The normalized spacial score (nSPS) is 12.0. The molecular formula is C31H19N3O. The van der Waals surface area contributed by atoms with E-state index in [-0.39, 0.29) is 0 Å². The largest absolute Gasteiger partial charge is 0.456 e. The number of para-hydroxylation sites is 5. The molecule has 8 rings (SSSR count). The molecule has 3 heterocycles. The van der Waals surface area contributed by atoms with Crippen molar-refractivity contribution in [2.75, 3.05) is 0 Å². The van der Waals surface area contributed by atoms with Crippen molar-refractivity contribution < 1.29 is 4.42 Å². The quantitative estimate of drug-likeness (QED) is 0.268. The molecule has 0 amide bonds. The highest BCUT2D eigenvalue weighted by molar-refractivity contribution is 6.27. The van der Waals surface area contributed by atoms with Gasteiger partial charge in [-0.05, 0) is 48.5 Å². The van der Waals surface area contributed by atoms with E-state index < -0.39 is 0 Å². The number of rotatable bonds is 2. The van der Waals surface area contributed by atoms with Crippen molar-refractivity contribution >= 4 is 54.8 Å². The highest BCUT2D eigenvalue weighted by Gasteiger charge is 2.22. The van der Waals surface area contributed by atoms with Crippen molar-refractivity contribution in [3.63, 3.8) is 0 Å². The summed E-state index contributed by atoms with van der Waals surface area (Å²) in [5.74, 6) is 0.871. The highest BCUT2D eigenvalue weighted by Crippen LogP contribution is 2.41. The van der Waals surface area contributed by atoms with Crippen LogP contribution in [0.5, 0.6) is 0 Å². The van der Waals surface area contributed by atoms with Crippen LogP contribution in [0.4, 0.5) is 0 Å². The fourth-order valence-corrected chi connectivity index (χ4v) is 5.48. The van der Waals surface area contributed by atoms with Crippen LogP contribution in [0.25, 0.3) is 66.4 Å². The lowest BCUT2D eigenvalue weighted by Crippen LogP contribution is -2.05. The van der Waals surface area contributed by atoms with Crippen LogP contribution in [-0.2, 0) is 0 Å². The van der Waals surface area contributed by atoms with Gasteiger partial charge in [-0.15, -0.1) is 0 Å². The zero-order valence-electron chi connectivity index (χ0n) is 18.7. The molecule has 0 radical (unpaired) electrons. The number of aromatic nitrogens is 3. The number of furan rings is 1. The molecule has 0 saturated heterocycles. The minimum atomic E-state index is 0.871. The van der Waals surface area contributed by atoms with E-state index in [4.69, 9.17) is 9.40 Å². The Morgan fingerprint density at radius 2 is 1.20 bits per heavy atom. The first-order valence-corrected chi connectivity index (χ1v) is 11.8. The third-order valence-electron chi connectivity index (χ3n) is 6.93. The number of hydrogen-bond acceptors (Lipinski definition) is 2. The van der Waals surface area contributed by atoms with E-state index in [1.165, 1.54) is 10.8 Å². The summed E-state index contributed by atoms with van der Waals surface area (Å²) in [5, 5.41) is 4.66. The standard InChI is InChI=1S/C31H19N3O/c1-2-10-20(11-3-1)33-25-16-8-6-14-23(25)32-31(33)34-24-15-7-4-12-21(24)29-26(34)18-19-28-30(29)22-13-5-9-17-27(22)35-28/h1-19H. The molecule has 5 aromatic carbocycles. The molecule has 0 saturated carbocycles. The maximum atomic E-state index is 6.24. The first-order valence-electron chi connectivity index (χ1n) is 11.8. The fourth-order valence-electron chi connectivity index (χ4n) is 5.48. The second kappa shape index (κ2) is 6.84. The summed E-state index contributed by atoms with van der Waals surface area (Å²) < 4.78 is 10.8. The summed E-state index contributed by atoms with van der Waals surface area (Å²) in [7, 11) is 0. The van der Waals surface area contributed by atoms with Gasteiger partial charge >= 0.3 is 0 Å². The molecule has 0 aliphatic heterocycles. The molecule has 35 heavy (non-hydrogen) atoms. The summed E-state index contributed by atoms with van der Waals surface area (Å²) in [4.78, 5) is 5.16. The number of fused-ring (bicyclic) bond motifs is 8. The molecule has 0 aliphatic rings. The SMILES string of the molecule is c1ccc(-n2c(-n3c4ccccc4c4c5c(ccc43)oc3ccccc35)nc3ccccc32)cc1. The lowest BCUT2D eigenvalue weighted by molar-refractivity contribution is 0.669. The van der Waals surface area contributed by atoms with Gasteiger partial charge < -0.3 is 4.42 Å². The maximum absolute atomic E-state index is 6.24. The first kappa shape index (κ1) is 18.6. The summed E-state index contributed by atoms with van der Waals surface area (Å²) >= 11 is 0. The molecule has 0 atom stereocenters. The predicted octanol–water partition coefficient (Wildman–Crippen LogP) is 8.02. The summed E-state index contributed by atoms with van der Waals surface area (Å²) in [6.07, 6.45) is 0. The van der Waals surface area contributed by atoms with E-state index in [0.717, 1.165) is 55.6 Å². The van der Waals surface area contributed by atoms with E-state index >= 15 is 0 Å². The van der Waals surface area contributed by atoms with Gasteiger partial charge in [-0.25, -0.2) is 4.98 Å². The molecule has 0 bridgehead atoms. The minimum absolute atomic E-state index is 0.871. The number of hydrogen-bond donors (Lipinski definition) is 0. The Balaban J connectivity index is 1.60. The topological polar surface area (TPSA) is 35.9 Å². The van der Waals surface area contributed by atoms with Gasteiger partial charge in [-0.2, -0.15) is 0 Å². The Morgan fingerprint density at radius 1 is 0.486 bits per heavy atom.